The van der Waals surface area contributed by atoms with E-state index in [0.29, 0.717) is 10.7 Å². The van der Waals surface area contributed by atoms with Gasteiger partial charge in [-0.1, -0.05) is 17.7 Å². The summed E-state index contributed by atoms with van der Waals surface area (Å²) < 4.78 is 38.4. The van der Waals surface area contributed by atoms with Gasteiger partial charge in [-0.2, -0.15) is 13.2 Å². The van der Waals surface area contributed by atoms with E-state index in [4.69, 9.17) is 16.7 Å². The molecule has 0 heterocycles. The first-order chi connectivity index (χ1) is 11.3. The highest BCUT2D eigenvalue weighted by atomic mass is 35.5. The molecule has 2 aromatic rings. The Kier molecular flexibility index (Phi) is 5.69. The highest BCUT2D eigenvalue weighted by Crippen LogP contribution is 2.32. The highest BCUT2D eigenvalue weighted by Gasteiger charge is 2.31. The summed E-state index contributed by atoms with van der Waals surface area (Å²) in [7, 11) is 0. The minimum Gasteiger partial charge on any atom is -0.392 e. The lowest BCUT2D eigenvalue weighted by Crippen LogP contribution is -2.22. The van der Waals surface area contributed by atoms with E-state index in [0.717, 1.165) is 12.1 Å². The Morgan fingerprint density at radius 1 is 1.12 bits per heavy atom. The molecule has 8 heteroatoms. The fourth-order valence-electron chi connectivity index (χ4n) is 2.01. The van der Waals surface area contributed by atoms with E-state index >= 15 is 0 Å². The number of anilines is 2. The van der Waals surface area contributed by atoms with Crippen LogP contribution >= 0.6 is 11.6 Å². The summed E-state index contributed by atoms with van der Waals surface area (Å²) in [5.41, 5.74) is -0.306. The SMILES string of the molecule is O=C(CNc1cccc(Cl)c1)Nc1cc(CO)cc(C(F)(F)F)c1. The van der Waals surface area contributed by atoms with Crippen molar-refractivity contribution in [1.29, 1.82) is 0 Å². The van der Waals surface area contributed by atoms with Gasteiger partial charge in [0.15, 0.2) is 0 Å². The molecule has 0 atom stereocenters. The molecule has 0 aliphatic heterocycles. The van der Waals surface area contributed by atoms with Gasteiger partial charge in [-0.05, 0) is 42.0 Å². The summed E-state index contributed by atoms with van der Waals surface area (Å²) in [6.07, 6.45) is -4.57. The zero-order chi connectivity index (χ0) is 17.7. The number of rotatable bonds is 5. The van der Waals surface area contributed by atoms with Crippen molar-refractivity contribution in [3.8, 4) is 0 Å². The normalized spacial score (nSPS) is 11.2. The Balaban J connectivity index is 2.05. The van der Waals surface area contributed by atoms with Crippen LogP contribution in [0.4, 0.5) is 24.5 Å². The fourth-order valence-corrected chi connectivity index (χ4v) is 2.20. The summed E-state index contributed by atoms with van der Waals surface area (Å²) in [6.45, 7) is -0.710. The number of nitrogens with one attached hydrogen (secondary N) is 2. The molecule has 0 radical (unpaired) electrons. The van der Waals surface area contributed by atoms with Crippen LogP contribution in [0.25, 0.3) is 0 Å². The number of carbonyl (C=O) groups excluding carboxylic acids is 1. The van der Waals surface area contributed by atoms with Crippen molar-refractivity contribution < 1.29 is 23.1 Å². The number of hydrogen-bond acceptors (Lipinski definition) is 3. The second kappa shape index (κ2) is 7.55. The van der Waals surface area contributed by atoms with Crippen molar-refractivity contribution >= 4 is 28.9 Å². The summed E-state index contributed by atoms with van der Waals surface area (Å²) in [4.78, 5) is 11.9. The van der Waals surface area contributed by atoms with Crippen LogP contribution in [0.1, 0.15) is 11.1 Å². The van der Waals surface area contributed by atoms with E-state index < -0.39 is 24.3 Å². The Hall–Kier alpha value is -2.25. The number of benzene rings is 2. The van der Waals surface area contributed by atoms with E-state index in [9.17, 15) is 18.0 Å². The Morgan fingerprint density at radius 2 is 1.88 bits per heavy atom. The third kappa shape index (κ3) is 5.14. The molecule has 0 saturated carbocycles. The van der Waals surface area contributed by atoms with Crippen LogP contribution in [0.15, 0.2) is 42.5 Å². The third-order valence-corrected chi connectivity index (χ3v) is 3.30. The number of aliphatic hydroxyl groups is 1. The van der Waals surface area contributed by atoms with E-state index in [-0.39, 0.29) is 17.8 Å². The van der Waals surface area contributed by atoms with Crippen LogP contribution < -0.4 is 10.6 Å². The van der Waals surface area contributed by atoms with E-state index in [1.165, 1.54) is 6.07 Å². The van der Waals surface area contributed by atoms with E-state index in [1.807, 2.05) is 0 Å². The molecule has 0 aromatic heterocycles. The minimum absolute atomic E-state index is 0.0354. The maximum atomic E-state index is 12.8. The number of carbonyl (C=O) groups is 1. The lowest BCUT2D eigenvalue weighted by molar-refractivity contribution is -0.137. The molecule has 0 spiro atoms. The van der Waals surface area contributed by atoms with Crippen LogP contribution in [0.5, 0.6) is 0 Å². The van der Waals surface area contributed by atoms with Crippen LogP contribution in [0.3, 0.4) is 0 Å². The summed E-state index contributed by atoms with van der Waals surface area (Å²) >= 11 is 5.81. The molecule has 1 amide bonds. The van der Waals surface area contributed by atoms with Crippen LogP contribution in [0.2, 0.25) is 5.02 Å². The lowest BCUT2D eigenvalue weighted by Gasteiger charge is -2.13. The second-order valence-electron chi connectivity index (χ2n) is 4.99. The van der Waals surface area contributed by atoms with Crippen molar-refractivity contribution in [2.24, 2.45) is 0 Å². The Bertz CT molecular complexity index is 736. The monoisotopic (exact) mass is 358 g/mol. The van der Waals surface area contributed by atoms with Crippen molar-refractivity contribution in [2.45, 2.75) is 12.8 Å². The standard InChI is InChI=1S/C16H14ClF3N2O2/c17-12-2-1-3-13(7-12)21-8-15(24)22-14-5-10(9-23)4-11(6-14)16(18,19)20/h1-7,21,23H,8-9H2,(H,22,24). The first kappa shape index (κ1) is 18.1. The molecule has 0 saturated heterocycles. The molecule has 2 aromatic carbocycles. The van der Waals surface area contributed by atoms with Crippen LogP contribution in [-0.4, -0.2) is 17.6 Å². The summed E-state index contributed by atoms with van der Waals surface area (Å²) in [5, 5.41) is 14.7. The average molecular weight is 359 g/mol. The third-order valence-electron chi connectivity index (χ3n) is 3.06. The first-order valence-corrected chi connectivity index (χ1v) is 7.27. The molecule has 3 N–H and O–H groups in total. The van der Waals surface area contributed by atoms with Gasteiger partial charge in [0.2, 0.25) is 5.91 Å². The fraction of sp³-hybridized carbons (Fsp3) is 0.188. The maximum absolute atomic E-state index is 12.8. The molecule has 128 valence electrons. The first-order valence-electron chi connectivity index (χ1n) is 6.89. The van der Waals surface area contributed by atoms with E-state index in [1.54, 1.807) is 24.3 Å². The zero-order valence-electron chi connectivity index (χ0n) is 12.3. The quantitative estimate of drug-likeness (QED) is 0.759. The van der Waals surface area contributed by atoms with Crippen molar-refractivity contribution in [3.63, 3.8) is 0 Å². The number of alkyl halides is 3. The molecule has 0 fully saturated rings. The number of halogens is 4. The molecule has 0 unspecified atom stereocenters. The molecule has 0 bridgehead atoms. The molecule has 2 rings (SSSR count). The van der Waals surface area contributed by atoms with Gasteiger partial charge in [0.1, 0.15) is 0 Å². The van der Waals surface area contributed by atoms with E-state index in [2.05, 4.69) is 10.6 Å². The predicted octanol–water partition coefficient (Wildman–Crippen LogP) is 3.90. The van der Waals surface area contributed by atoms with Gasteiger partial charge < -0.3 is 15.7 Å². The summed E-state index contributed by atoms with van der Waals surface area (Å²) in [6, 6.07) is 9.62. The van der Waals surface area contributed by atoms with Gasteiger partial charge in [-0.25, -0.2) is 0 Å². The number of amides is 1. The largest absolute Gasteiger partial charge is 0.416 e. The molecule has 0 aliphatic carbocycles. The Labute approximate surface area is 141 Å². The predicted molar refractivity (Wildman–Crippen MR) is 85.9 cm³/mol. The van der Waals surface area contributed by atoms with Gasteiger partial charge in [0.05, 0.1) is 18.7 Å². The molecule has 0 aliphatic rings. The topological polar surface area (TPSA) is 61.4 Å². The smallest absolute Gasteiger partial charge is 0.392 e. The van der Waals surface area contributed by atoms with Crippen molar-refractivity contribution in [3.05, 3.63) is 58.6 Å². The maximum Gasteiger partial charge on any atom is 0.416 e. The molecule has 4 nitrogen and oxygen atoms in total. The van der Waals surface area contributed by atoms with Gasteiger partial charge in [-0.3, -0.25) is 4.79 Å². The van der Waals surface area contributed by atoms with Crippen LogP contribution in [0, 0.1) is 0 Å². The molecular weight excluding hydrogens is 345 g/mol. The van der Waals surface area contributed by atoms with Gasteiger partial charge in [-0.15, -0.1) is 0 Å². The Morgan fingerprint density at radius 3 is 2.50 bits per heavy atom. The zero-order valence-corrected chi connectivity index (χ0v) is 13.1. The number of hydrogen-bond donors (Lipinski definition) is 3. The second-order valence-corrected chi connectivity index (χ2v) is 5.42. The van der Waals surface area contributed by atoms with Gasteiger partial charge >= 0.3 is 6.18 Å². The van der Waals surface area contributed by atoms with Gasteiger partial charge in [0.25, 0.3) is 0 Å². The molecule has 24 heavy (non-hydrogen) atoms. The van der Waals surface area contributed by atoms with Gasteiger partial charge in [0, 0.05) is 16.4 Å². The van der Waals surface area contributed by atoms with Crippen molar-refractivity contribution in [2.75, 3.05) is 17.2 Å². The van der Waals surface area contributed by atoms with Crippen molar-refractivity contribution in [1.82, 2.24) is 0 Å². The highest BCUT2D eigenvalue weighted by molar-refractivity contribution is 6.30. The summed E-state index contributed by atoms with van der Waals surface area (Å²) in [5.74, 6) is -0.529. The number of aliphatic hydroxyl groups excluding tert-OH is 1. The average Bonchev–Trinajstić information content (AvgIpc) is 2.52. The minimum atomic E-state index is -4.57. The lowest BCUT2D eigenvalue weighted by atomic mass is 10.1. The van der Waals surface area contributed by atoms with Crippen LogP contribution in [-0.2, 0) is 17.6 Å². The molecular formula is C16H14ClF3N2O2.